The topological polar surface area (TPSA) is 4.93 Å². The minimum absolute atomic E-state index is 0. The Balaban J connectivity index is 0.00000144. The van der Waals surface area contributed by atoms with Crippen LogP contribution in [0.25, 0.3) is 22.7 Å². The number of para-hydroxylation sites is 1. The van der Waals surface area contributed by atoms with E-state index >= 15 is 0 Å². The molecule has 3 aromatic rings. The van der Waals surface area contributed by atoms with Crippen LogP contribution >= 0.6 is 0 Å². The fourth-order valence-corrected chi connectivity index (χ4v) is 10.1. The van der Waals surface area contributed by atoms with E-state index in [1.165, 1.54) is 27.7 Å². The number of allylic oxidation sites excluding steroid dienone is 5. The summed E-state index contributed by atoms with van der Waals surface area (Å²) >= 11 is -0.825. The fourth-order valence-electron chi connectivity index (χ4n) is 5.26. The van der Waals surface area contributed by atoms with Gasteiger partial charge in [0.25, 0.3) is 0 Å². The predicted molar refractivity (Wildman–Crippen MR) is 125 cm³/mol. The molecule has 1 atom stereocenters. The molecule has 0 bridgehead atoms. The van der Waals surface area contributed by atoms with Crippen LogP contribution in [-0.4, -0.2) is 4.57 Å². The van der Waals surface area contributed by atoms with Crippen molar-refractivity contribution in [2.75, 3.05) is 0 Å². The van der Waals surface area contributed by atoms with Gasteiger partial charge in [-0.05, 0) is 0 Å². The zero-order valence-corrected chi connectivity index (χ0v) is 23.5. The summed E-state index contributed by atoms with van der Waals surface area (Å²) < 4.78 is 4.78. The monoisotopic (exact) mass is 539 g/mol. The Morgan fingerprint density at radius 1 is 0.844 bits per heavy atom. The molecule has 0 saturated carbocycles. The van der Waals surface area contributed by atoms with E-state index < -0.39 is 23.2 Å². The zero-order chi connectivity index (χ0) is 21.2. The van der Waals surface area contributed by atoms with Crippen molar-refractivity contribution in [3.05, 3.63) is 91.4 Å². The maximum Gasteiger partial charge on any atom is -1.00 e. The number of rotatable bonds is 3. The van der Waals surface area contributed by atoms with Crippen molar-refractivity contribution < 1.29 is 48.0 Å². The van der Waals surface area contributed by atoms with Gasteiger partial charge in [0.15, 0.2) is 0 Å². The largest absolute Gasteiger partial charge is 1.00 e. The second kappa shape index (κ2) is 9.13. The summed E-state index contributed by atoms with van der Waals surface area (Å²) in [6.45, 7) is 14.3. The van der Waals surface area contributed by atoms with Crippen LogP contribution in [0.5, 0.6) is 0 Å². The third-order valence-electron chi connectivity index (χ3n) is 7.47. The van der Waals surface area contributed by atoms with Gasteiger partial charge in [0.1, 0.15) is 0 Å². The average Bonchev–Trinajstić information content (AvgIpc) is 3.34. The van der Waals surface area contributed by atoms with Gasteiger partial charge in [-0.25, -0.2) is 0 Å². The number of aromatic nitrogens is 1. The van der Waals surface area contributed by atoms with Crippen molar-refractivity contribution >= 4 is 17.0 Å². The third kappa shape index (κ3) is 3.73. The van der Waals surface area contributed by atoms with E-state index in [9.17, 15) is 0 Å². The number of hydrogen-bond donors (Lipinski definition) is 0. The first-order valence-corrected chi connectivity index (χ1v) is 13.5. The van der Waals surface area contributed by atoms with Crippen molar-refractivity contribution in [2.24, 2.45) is 5.41 Å². The molecule has 0 fully saturated rings. The minimum atomic E-state index is -0.825. The maximum absolute atomic E-state index is 2.47. The smallest absolute Gasteiger partial charge is 1.00 e. The number of halogens is 2. The standard InChI is InChI=1S/C18H14N.C10H15.2ClH.Zr/c1-13-11-15-6-4-8-18(16(15)12-13)19-10-9-14-5-2-3-7-17(14)19;1-7-6-10(4,5)9(3)8(7)2;;;/h2-12H,1H3;1-5H3;2*1H;/q;;;;+2/p-2. The molecule has 1 unspecified atom stereocenters. The number of fused-ring (bicyclic) bond motifs is 2. The molecule has 4 heteroatoms. The van der Waals surface area contributed by atoms with Crippen LogP contribution in [0.15, 0.2) is 80.3 Å². The second-order valence-electron chi connectivity index (χ2n) is 9.37. The number of hydrogen-bond acceptors (Lipinski definition) is 0. The molecule has 0 amide bonds. The number of nitrogens with zero attached hydrogens (tertiary/aromatic N) is 1. The summed E-state index contributed by atoms with van der Waals surface area (Å²) in [6, 6.07) is 17.8. The molecule has 32 heavy (non-hydrogen) atoms. The Bertz CT molecular complexity index is 1290. The van der Waals surface area contributed by atoms with E-state index in [0.717, 1.165) is 0 Å². The Morgan fingerprint density at radius 2 is 1.56 bits per heavy atom. The minimum Gasteiger partial charge on any atom is -1.00 e. The first-order valence-electron chi connectivity index (χ1n) is 10.8. The van der Waals surface area contributed by atoms with E-state index in [1.807, 2.05) is 0 Å². The molecule has 0 N–H and O–H groups in total. The Hall–Kier alpha value is -1.34. The van der Waals surface area contributed by atoms with Gasteiger partial charge in [0, 0.05) is 0 Å². The summed E-state index contributed by atoms with van der Waals surface area (Å²) in [5.41, 5.74) is 12.1. The van der Waals surface area contributed by atoms with Gasteiger partial charge in [-0.1, -0.05) is 0 Å². The summed E-state index contributed by atoms with van der Waals surface area (Å²) in [5.74, 6) is 0. The molecule has 2 aliphatic carbocycles. The molecule has 5 rings (SSSR count). The van der Waals surface area contributed by atoms with Crippen LogP contribution in [0.4, 0.5) is 0 Å². The fraction of sp³-hybridized carbons (Fsp3) is 0.286. The predicted octanol–water partition coefficient (Wildman–Crippen LogP) is 1.83. The molecule has 1 heterocycles. The van der Waals surface area contributed by atoms with Crippen molar-refractivity contribution in [1.82, 2.24) is 4.57 Å². The first kappa shape index (κ1) is 25.3. The Kier molecular flexibility index (Phi) is 7.22. The van der Waals surface area contributed by atoms with Crippen LogP contribution in [0.1, 0.15) is 56.3 Å². The van der Waals surface area contributed by atoms with Gasteiger partial charge in [-0.2, -0.15) is 0 Å². The van der Waals surface area contributed by atoms with Gasteiger partial charge < -0.3 is 24.8 Å². The third-order valence-corrected chi connectivity index (χ3v) is 13.2. The Morgan fingerprint density at radius 3 is 2.25 bits per heavy atom. The van der Waals surface area contributed by atoms with Gasteiger partial charge >= 0.3 is 192 Å². The molecule has 0 aliphatic heterocycles. The van der Waals surface area contributed by atoms with Gasteiger partial charge in [0.2, 0.25) is 0 Å². The quantitative estimate of drug-likeness (QED) is 0.477. The van der Waals surface area contributed by atoms with E-state index in [2.05, 4.69) is 107 Å². The van der Waals surface area contributed by atoms with Crippen molar-refractivity contribution in [3.8, 4) is 5.69 Å². The molecule has 0 saturated heterocycles. The van der Waals surface area contributed by atoms with Crippen molar-refractivity contribution in [2.45, 2.75) is 45.2 Å². The molecular weight excluding hydrogens is 512 g/mol. The van der Waals surface area contributed by atoms with Crippen LogP contribution in [0.2, 0.25) is 0 Å². The van der Waals surface area contributed by atoms with Crippen LogP contribution in [0.3, 0.4) is 0 Å². The van der Waals surface area contributed by atoms with Crippen molar-refractivity contribution in [1.29, 1.82) is 0 Å². The summed E-state index contributed by atoms with van der Waals surface area (Å²) in [5, 5.41) is 1.30. The molecule has 0 spiro atoms. The van der Waals surface area contributed by atoms with Gasteiger partial charge in [-0.15, -0.1) is 0 Å². The average molecular weight is 542 g/mol. The van der Waals surface area contributed by atoms with Gasteiger partial charge in [-0.3, -0.25) is 0 Å². The van der Waals surface area contributed by atoms with E-state index in [0.29, 0.717) is 3.63 Å². The summed E-state index contributed by atoms with van der Waals surface area (Å²) in [6.07, 6.45) is 4.69. The summed E-state index contributed by atoms with van der Waals surface area (Å²) in [7, 11) is 0. The second-order valence-corrected chi connectivity index (χ2v) is 12.7. The normalized spacial score (nSPS) is 18.8. The van der Waals surface area contributed by atoms with Crippen LogP contribution < -0.4 is 24.8 Å². The molecule has 2 aliphatic rings. The van der Waals surface area contributed by atoms with E-state index in [4.69, 9.17) is 0 Å². The summed E-state index contributed by atoms with van der Waals surface area (Å²) in [4.78, 5) is 0. The molecule has 1 aromatic heterocycles. The zero-order valence-electron chi connectivity index (χ0n) is 19.6. The molecule has 164 valence electrons. The van der Waals surface area contributed by atoms with E-state index in [1.54, 1.807) is 25.6 Å². The van der Waals surface area contributed by atoms with Crippen LogP contribution in [0, 0.1) is 5.41 Å². The molecular formula is C28H29Cl2NZr. The molecule has 2 aromatic carbocycles. The van der Waals surface area contributed by atoms with Crippen LogP contribution in [-0.2, 0) is 23.2 Å². The Labute approximate surface area is 216 Å². The SMILES string of the molecule is CC1=Cc2c(cccc2-n2ccc3ccccc32)[CH]1[Zr+2][C]1=C(C)C(C)=C(C)C1(C)C.[Cl-].[Cl-]. The number of benzene rings is 2. The molecule has 0 radical (unpaired) electrons. The van der Waals surface area contributed by atoms with Gasteiger partial charge in [0.05, 0.1) is 0 Å². The maximum atomic E-state index is 2.47. The first-order chi connectivity index (χ1) is 14.3. The molecule has 1 nitrogen and oxygen atoms in total. The van der Waals surface area contributed by atoms with Crippen molar-refractivity contribution in [3.63, 3.8) is 0 Å². The van der Waals surface area contributed by atoms with E-state index in [-0.39, 0.29) is 30.2 Å².